The Kier molecular flexibility index (Phi) is 7.52. The lowest BCUT2D eigenvalue weighted by Crippen LogP contribution is -2.60. The Morgan fingerprint density at radius 1 is 0.865 bits per heavy atom. The van der Waals surface area contributed by atoms with Crippen molar-refractivity contribution in [1.82, 2.24) is 4.90 Å². The van der Waals surface area contributed by atoms with Crippen LogP contribution in [0.2, 0.25) is 0 Å². The van der Waals surface area contributed by atoms with Gasteiger partial charge in [-0.2, -0.15) is 0 Å². The molecule has 0 aromatic heterocycles. The van der Waals surface area contributed by atoms with Crippen LogP contribution in [0.3, 0.4) is 0 Å². The second-order valence-electron chi connectivity index (χ2n) is 12.5. The van der Waals surface area contributed by atoms with Crippen LogP contribution in [0, 0.1) is 23.7 Å². The molecular weight excluding hydrogens is 476 g/mol. The summed E-state index contributed by atoms with van der Waals surface area (Å²) >= 11 is 0. The first kappa shape index (κ1) is 26.0. The van der Waals surface area contributed by atoms with Crippen LogP contribution in [-0.2, 0) is 14.5 Å². The molecule has 0 atom stereocenters. The zero-order valence-electron chi connectivity index (χ0n) is 22.2. The van der Waals surface area contributed by atoms with Crippen molar-refractivity contribution in [3.8, 4) is 5.75 Å². The Morgan fingerprint density at radius 2 is 1.49 bits per heavy atom. The minimum atomic E-state index is -2.49. The Morgan fingerprint density at radius 3 is 2.08 bits per heavy atom. The number of hydrogen-bond acceptors (Lipinski definition) is 5. The van der Waals surface area contributed by atoms with Crippen LogP contribution in [-0.4, -0.2) is 56.1 Å². The summed E-state index contributed by atoms with van der Waals surface area (Å²) < 4.78 is 38.6. The summed E-state index contributed by atoms with van der Waals surface area (Å²) in [7, 11) is 1.81. The summed E-state index contributed by atoms with van der Waals surface area (Å²) in [6.45, 7) is 2.11. The van der Waals surface area contributed by atoms with Gasteiger partial charge in [-0.15, -0.1) is 0 Å². The van der Waals surface area contributed by atoms with Gasteiger partial charge in [0.1, 0.15) is 12.4 Å². The highest BCUT2D eigenvalue weighted by molar-refractivity contribution is 5.29. The van der Waals surface area contributed by atoms with E-state index in [4.69, 9.17) is 19.2 Å². The highest BCUT2D eigenvalue weighted by Gasteiger charge is 2.60. The average molecular weight is 520 g/mol. The van der Waals surface area contributed by atoms with Gasteiger partial charge in [-0.05, 0) is 93.2 Å². The number of methoxy groups -OCH3 is 1. The van der Waals surface area contributed by atoms with Crippen molar-refractivity contribution in [2.45, 2.75) is 94.4 Å². The maximum atomic E-state index is 13.3. The highest BCUT2D eigenvalue weighted by Crippen LogP contribution is 2.60. The number of likely N-dealkylation sites (tertiary alicyclic amines) is 1. The van der Waals surface area contributed by atoms with Gasteiger partial charge in [0.05, 0.1) is 6.10 Å². The second kappa shape index (κ2) is 10.7. The number of benzene rings is 1. The third-order valence-electron chi connectivity index (χ3n) is 10.2. The number of ether oxygens (including phenoxy) is 2. The number of hydrogen-bond donors (Lipinski definition) is 0. The highest BCUT2D eigenvalue weighted by atomic mass is 19.3. The lowest BCUT2D eigenvalue weighted by Gasteiger charge is -2.58. The molecule has 0 radical (unpaired) electrons. The molecule has 1 heterocycles. The van der Waals surface area contributed by atoms with E-state index in [-0.39, 0.29) is 18.9 Å². The number of piperidine rings is 1. The fraction of sp³-hybridized carbons (Fsp3) is 0.800. The molecule has 0 amide bonds. The molecule has 5 aliphatic carbocycles. The molecule has 1 aromatic rings. The smallest absolute Gasteiger partial charge is 0.250 e. The Hall–Kier alpha value is -1.28. The maximum Gasteiger partial charge on any atom is 0.250 e. The van der Waals surface area contributed by atoms with Gasteiger partial charge < -0.3 is 9.47 Å². The Labute approximate surface area is 220 Å². The van der Waals surface area contributed by atoms with Crippen LogP contribution in [0.15, 0.2) is 24.3 Å². The molecule has 5 saturated carbocycles. The van der Waals surface area contributed by atoms with Gasteiger partial charge in [0.2, 0.25) is 5.79 Å². The van der Waals surface area contributed by atoms with E-state index in [0.29, 0.717) is 44.0 Å². The molecule has 206 valence electrons. The Balaban J connectivity index is 0.931. The molecular formula is C30H43F2NO4. The van der Waals surface area contributed by atoms with Gasteiger partial charge in [-0.25, -0.2) is 18.6 Å². The molecule has 1 aliphatic heterocycles. The van der Waals surface area contributed by atoms with Crippen molar-refractivity contribution < 1.29 is 28.0 Å². The first-order valence-corrected chi connectivity index (χ1v) is 14.6. The summed E-state index contributed by atoms with van der Waals surface area (Å²) in [6, 6.07) is 8.43. The minimum absolute atomic E-state index is 0.0454. The van der Waals surface area contributed by atoms with E-state index in [1.54, 1.807) is 0 Å². The average Bonchev–Trinajstić information content (AvgIpc) is 2.90. The monoisotopic (exact) mass is 519 g/mol. The number of nitrogens with zero attached hydrogens (tertiary/aromatic N) is 1. The zero-order valence-corrected chi connectivity index (χ0v) is 22.2. The van der Waals surface area contributed by atoms with E-state index in [0.717, 1.165) is 43.3 Å². The molecule has 7 heteroatoms. The van der Waals surface area contributed by atoms with Gasteiger partial charge in [0.25, 0.3) is 5.92 Å². The van der Waals surface area contributed by atoms with Crippen molar-refractivity contribution in [3.63, 3.8) is 0 Å². The summed E-state index contributed by atoms with van der Waals surface area (Å²) in [5.74, 6) is 1.05. The topological polar surface area (TPSA) is 40.2 Å². The molecule has 0 N–H and O–H groups in total. The van der Waals surface area contributed by atoms with Crippen LogP contribution >= 0.6 is 0 Å². The van der Waals surface area contributed by atoms with Crippen LogP contribution in [0.5, 0.6) is 5.75 Å². The minimum Gasteiger partial charge on any atom is -0.492 e. The number of rotatable bonds is 9. The summed E-state index contributed by atoms with van der Waals surface area (Å²) in [4.78, 5) is 14.4. The van der Waals surface area contributed by atoms with Gasteiger partial charge in [0, 0.05) is 51.4 Å². The first-order valence-electron chi connectivity index (χ1n) is 14.6. The van der Waals surface area contributed by atoms with Crippen molar-refractivity contribution in [1.29, 1.82) is 0 Å². The molecule has 1 aromatic carbocycles. The lowest BCUT2D eigenvalue weighted by atomic mass is 9.53. The number of halogens is 2. The summed E-state index contributed by atoms with van der Waals surface area (Å²) in [5, 5.41) is 0. The maximum absolute atomic E-state index is 13.3. The normalized spacial score (nSPS) is 39.1. The first-order chi connectivity index (χ1) is 17.9. The van der Waals surface area contributed by atoms with Gasteiger partial charge in [-0.1, -0.05) is 12.1 Å². The lowest BCUT2D eigenvalue weighted by molar-refractivity contribution is -0.485. The van der Waals surface area contributed by atoms with Crippen molar-refractivity contribution in [2.24, 2.45) is 23.7 Å². The van der Waals surface area contributed by atoms with Crippen molar-refractivity contribution in [2.75, 3.05) is 33.4 Å². The zero-order chi connectivity index (χ0) is 25.5. The Bertz CT molecular complexity index is 863. The predicted octanol–water partition coefficient (Wildman–Crippen LogP) is 6.57. The predicted molar refractivity (Wildman–Crippen MR) is 137 cm³/mol. The SMILES string of the molecule is COC1(OOC2CCC(c3ccc(OCCN4CCC(F)(F)CC4)cc3)CC2)C2CC3CC(C2)CC1C3. The molecule has 4 bridgehead atoms. The molecule has 7 rings (SSSR count). The second-order valence-corrected chi connectivity index (χ2v) is 12.5. The molecule has 0 spiro atoms. The summed E-state index contributed by atoms with van der Waals surface area (Å²) in [6.07, 6.45) is 10.5. The van der Waals surface area contributed by atoms with Crippen LogP contribution < -0.4 is 4.74 Å². The molecule has 37 heavy (non-hydrogen) atoms. The van der Waals surface area contributed by atoms with E-state index in [1.165, 1.54) is 37.7 Å². The fourth-order valence-corrected chi connectivity index (χ4v) is 8.21. The van der Waals surface area contributed by atoms with Crippen LogP contribution in [0.1, 0.15) is 82.1 Å². The summed E-state index contributed by atoms with van der Waals surface area (Å²) in [5.41, 5.74) is 1.35. The van der Waals surface area contributed by atoms with E-state index in [2.05, 4.69) is 17.0 Å². The molecule has 0 unspecified atom stereocenters. The van der Waals surface area contributed by atoms with E-state index in [9.17, 15) is 8.78 Å². The fourth-order valence-electron chi connectivity index (χ4n) is 8.21. The van der Waals surface area contributed by atoms with Gasteiger partial charge >= 0.3 is 0 Å². The van der Waals surface area contributed by atoms with E-state index < -0.39 is 11.7 Å². The van der Waals surface area contributed by atoms with Crippen molar-refractivity contribution >= 4 is 0 Å². The van der Waals surface area contributed by atoms with Crippen molar-refractivity contribution in [3.05, 3.63) is 29.8 Å². The van der Waals surface area contributed by atoms with Gasteiger partial charge in [-0.3, -0.25) is 4.90 Å². The molecule has 1 saturated heterocycles. The van der Waals surface area contributed by atoms with Crippen LogP contribution in [0.25, 0.3) is 0 Å². The standard InChI is InChI=1S/C30H43F2NO4/c1-34-30(25-17-21-16-22(19-25)20-26(30)18-21)37-36-28-8-4-24(5-9-28)23-2-6-27(7-3-23)35-15-14-33-12-10-29(31,32)11-13-33/h2-3,6-7,21-22,24-26,28H,4-5,8-20H2,1H3. The largest absolute Gasteiger partial charge is 0.492 e. The quantitative estimate of drug-likeness (QED) is 0.210. The van der Waals surface area contributed by atoms with E-state index >= 15 is 0 Å². The molecule has 5 nitrogen and oxygen atoms in total. The third-order valence-corrected chi connectivity index (χ3v) is 10.2. The van der Waals surface area contributed by atoms with E-state index in [1.807, 2.05) is 19.2 Å². The van der Waals surface area contributed by atoms with Gasteiger partial charge in [0.15, 0.2) is 0 Å². The molecule has 6 aliphatic rings. The third kappa shape index (κ3) is 5.57. The molecule has 6 fully saturated rings. The van der Waals surface area contributed by atoms with Crippen LogP contribution in [0.4, 0.5) is 8.78 Å². The number of alkyl halides is 2.